The van der Waals surface area contributed by atoms with Crippen LogP contribution in [0.5, 0.6) is 0 Å². The van der Waals surface area contributed by atoms with Gasteiger partial charge >= 0.3 is 0 Å². The zero-order valence-electron chi connectivity index (χ0n) is 7.25. The Hall–Kier alpha value is -0.560. The summed E-state index contributed by atoms with van der Waals surface area (Å²) in [6, 6.07) is 0. The molecule has 2 unspecified atom stereocenters. The van der Waals surface area contributed by atoms with Gasteiger partial charge in [0.2, 0.25) is 0 Å². The van der Waals surface area contributed by atoms with E-state index in [1.165, 1.54) is 5.57 Å². The third-order valence-electron chi connectivity index (χ3n) is 2.34. The fraction of sp³-hybridized carbons (Fsp3) is 0.600. The van der Waals surface area contributed by atoms with Gasteiger partial charge < -0.3 is 5.11 Å². The van der Waals surface area contributed by atoms with E-state index < -0.39 is 0 Å². The number of aliphatic hydroxyl groups excluding tert-OH is 1. The molecule has 1 N–H and O–H groups in total. The summed E-state index contributed by atoms with van der Waals surface area (Å²) in [7, 11) is 0. The summed E-state index contributed by atoms with van der Waals surface area (Å²) in [5.74, 6) is 0.944. The molecule has 0 aromatic rings. The molecular weight excluding hydrogens is 136 g/mol. The van der Waals surface area contributed by atoms with Crippen LogP contribution >= 0.6 is 0 Å². The molecule has 0 bridgehead atoms. The molecule has 0 radical (unpaired) electrons. The van der Waals surface area contributed by atoms with Crippen molar-refractivity contribution >= 4 is 0 Å². The monoisotopic (exact) mass is 152 g/mol. The first-order valence-electron chi connectivity index (χ1n) is 4.20. The fourth-order valence-electron chi connectivity index (χ4n) is 1.30. The van der Waals surface area contributed by atoms with Gasteiger partial charge in [0, 0.05) is 6.61 Å². The van der Waals surface area contributed by atoms with Gasteiger partial charge in [-0.1, -0.05) is 30.7 Å². The van der Waals surface area contributed by atoms with Crippen molar-refractivity contribution in [1.29, 1.82) is 0 Å². The van der Waals surface area contributed by atoms with E-state index in [0.29, 0.717) is 18.4 Å². The quantitative estimate of drug-likeness (QED) is 0.642. The van der Waals surface area contributed by atoms with E-state index in [2.05, 4.69) is 32.1 Å². The molecule has 11 heavy (non-hydrogen) atoms. The minimum atomic E-state index is 0.294. The molecule has 0 spiro atoms. The zero-order valence-corrected chi connectivity index (χ0v) is 7.25. The molecule has 0 heterocycles. The number of aliphatic hydroxyl groups is 1. The van der Waals surface area contributed by atoms with E-state index in [1.807, 2.05) is 0 Å². The van der Waals surface area contributed by atoms with E-state index >= 15 is 0 Å². The standard InChI is InChI=1S/C10H16O/c1-8-3-5-10(6-4-8)9(2)7-11/h3-5,9-11H,6-7H2,1-2H3. The van der Waals surface area contributed by atoms with Gasteiger partial charge in [0.25, 0.3) is 0 Å². The van der Waals surface area contributed by atoms with Gasteiger partial charge in [0.1, 0.15) is 0 Å². The molecule has 1 aliphatic carbocycles. The number of allylic oxidation sites excluding steroid dienone is 4. The first kappa shape index (κ1) is 8.54. The maximum Gasteiger partial charge on any atom is 0.0462 e. The Morgan fingerprint density at radius 3 is 2.91 bits per heavy atom. The van der Waals surface area contributed by atoms with E-state index in [0.717, 1.165) is 6.42 Å². The lowest BCUT2D eigenvalue weighted by atomic mass is 9.87. The van der Waals surface area contributed by atoms with Crippen molar-refractivity contribution in [2.24, 2.45) is 11.8 Å². The molecule has 0 saturated carbocycles. The van der Waals surface area contributed by atoms with Gasteiger partial charge in [-0.15, -0.1) is 0 Å². The highest BCUT2D eigenvalue weighted by Crippen LogP contribution is 2.22. The van der Waals surface area contributed by atoms with Gasteiger partial charge in [-0.3, -0.25) is 0 Å². The SMILES string of the molecule is CC1=CCC(C(C)CO)C=C1. The van der Waals surface area contributed by atoms with Crippen LogP contribution in [0.4, 0.5) is 0 Å². The summed E-state index contributed by atoms with van der Waals surface area (Å²) >= 11 is 0. The largest absolute Gasteiger partial charge is 0.396 e. The number of hydrogen-bond donors (Lipinski definition) is 1. The summed E-state index contributed by atoms with van der Waals surface area (Å²) in [4.78, 5) is 0. The highest BCUT2D eigenvalue weighted by atomic mass is 16.3. The Kier molecular flexibility index (Phi) is 2.89. The van der Waals surface area contributed by atoms with Crippen LogP contribution in [-0.4, -0.2) is 11.7 Å². The average molecular weight is 152 g/mol. The summed E-state index contributed by atoms with van der Waals surface area (Å²) in [6.45, 7) is 4.49. The first-order chi connectivity index (χ1) is 5.24. The lowest BCUT2D eigenvalue weighted by molar-refractivity contribution is 0.206. The zero-order chi connectivity index (χ0) is 8.27. The Bertz CT molecular complexity index is 179. The van der Waals surface area contributed by atoms with Crippen LogP contribution in [-0.2, 0) is 0 Å². The van der Waals surface area contributed by atoms with E-state index in [-0.39, 0.29) is 0 Å². The molecule has 1 heteroatoms. The third-order valence-corrected chi connectivity index (χ3v) is 2.34. The predicted octanol–water partition coefficient (Wildman–Crippen LogP) is 2.14. The van der Waals surface area contributed by atoms with Crippen LogP contribution < -0.4 is 0 Å². The van der Waals surface area contributed by atoms with Crippen LogP contribution in [0.1, 0.15) is 20.3 Å². The molecule has 62 valence electrons. The Balaban J connectivity index is 2.48. The van der Waals surface area contributed by atoms with Crippen molar-refractivity contribution in [2.75, 3.05) is 6.61 Å². The van der Waals surface area contributed by atoms with Crippen molar-refractivity contribution < 1.29 is 5.11 Å². The Morgan fingerprint density at radius 1 is 1.73 bits per heavy atom. The molecule has 0 amide bonds. The van der Waals surface area contributed by atoms with E-state index in [9.17, 15) is 0 Å². The smallest absolute Gasteiger partial charge is 0.0462 e. The second kappa shape index (κ2) is 3.72. The van der Waals surface area contributed by atoms with Crippen LogP contribution in [0.15, 0.2) is 23.8 Å². The lowest BCUT2D eigenvalue weighted by Crippen LogP contribution is -2.14. The molecule has 2 atom stereocenters. The molecule has 0 saturated heterocycles. The van der Waals surface area contributed by atoms with E-state index in [1.54, 1.807) is 0 Å². The summed E-state index contributed by atoms with van der Waals surface area (Å²) in [5.41, 5.74) is 1.34. The minimum absolute atomic E-state index is 0.294. The van der Waals surface area contributed by atoms with Gasteiger partial charge in [-0.05, 0) is 25.2 Å². The highest BCUT2D eigenvalue weighted by molar-refractivity contribution is 5.21. The predicted molar refractivity (Wildman–Crippen MR) is 47.3 cm³/mol. The Morgan fingerprint density at radius 2 is 2.45 bits per heavy atom. The minimum Gasteiger partial charge on any atom is -0.396 e. The van der Waals surface area contributed by atoms with Crippen molar-refractivity contribution in [3.8, 4) is 0 Å². The molecule has 0 aromatic carbocycles. The van der Waals surface area contributed by atoms with Crippen molar-refractivity contribution in [3.05, 3.63) is 23.8 Å². The molecule has 1 aliphatic rings. The van der Waals surface area contributed by atoms with Crippen molar-refractivity contribution in [3.63, 3.8) is 0 Å². The fourth-order valence-corrected chi connectivity index (χ4v) is 1.30. The van der Waals surface area contributed by atoms with Gasteiger partial charge in [-0.2, -0.15) is 0 Å². The molecule has 1 nitrogen and oxygen atoms in total. The maximum atomic E-state index is 8.90. The second-order valence-electron chi connectivity index (χ2n) is 3.37. The van der Waals surface area contributed by atoms with Crippen LogP contribution in [0.2, 0.25) is 0 Å². The first-order valence-corrected chi connectivity index (χ1v) is 4.20. The second-order valence-corrected chi connectivity index (χ2v) is 3.37. The highest BCUT2D eigenvalue weighted by Gasteiger charge is 2.13. The summed E-state index contributed by atoms with van der Waals surface area (Å²) in [6.07, 6.45) is 7.66. The van der Waals surface area contributed by atoms with Gasteiger partial charge in [0.05, 0.1) is 0 Å². The molecule has 0 fully saturated rings. The van der Waals surface area contributed by atoms with Gasteiger partial charge in [0.15, 0.2) is 0 Å². The lowest BCUT2D eigenvalue weighted by Gasteiger charge is -2.19. The number of rotatable bonds is 2. The van der Waals surface area contributed by atoms with Crippen LogP contribution in [0.3, 0.4) is 0 Å². The number of hydrogen-bond acceptors (Lipinski definition) is 1. The van der Waals surface area contributed by atoms with Crippen LogP contribution in [0.25, 0.3) is 0 Å². The van der Waals surface area contributed by atoms with Crippen molar-refractivity contribution in [1.82, 2.24) is 0 Å². The summed E-state index contributed by atoms with van der Waals surface area (Å²) in [5, 5.41) is 8.90. The third kappa shape index (κ3) is 2.19. The van der Waals surface area contributed by atoms with Crippen molar-refractivity contribution in [2.45, 2.75) is 20.3 Å². The van der Waals surface area contributed by atoms with E-state index in [4.69, 9.17) is 5.11 Å². The molecule has 0 aliphatic heterocycles. The van der Waals surface area contributed by atoms with Crippen LogP contribution in [0, 0.1) is 11.8 Å². The molecular formula is C10H16O. The maximum absolute atomic E-state index is 8.90. The Labute approximate surface area is 68.4 Å². The van der Waals surface area contributed by atoms with Gasteiger partial charge in [-0.25, -0.2) is 0 Å². The average Bonchev–Trinajstić information content (AvgIpc) is 2.05. The molecule has 1 rings (SSSR count). The molecule has 0 aromatic heterocycles. The normalized spacial score (nSPS) is 26.5. The summed E-state index contributed by atoms with van der Waals surface area (Å²) < 4.78 is 0. The topological polar surface area (TPSA) is 20.2 Å².